The summed E-state index contributed by atoms with van der Waals surface area (Å²) in [5.74, 6) is 0.0787. The van der Waals surface area contributed by atoms with Crippen molar-refractivity contribution in [1.82, 2.24) is 14.9 Å². The number of carbonyl (C=O) groups is 1. The minimum Gasteiger partial charge on any atom is -0.293 e. The molecule has 1 atom stereocenters. The van der Waals surface area contributed by atoms with Crippen molar-refractivity contribution in [2.24, 2.45) is 11.0 Å². The van der Waals surface area contributed by atoms with E-state index >= 15 is 0 Å². The Morgan fingerprint density at radius 1 is 1.08 bits per heavy atom. The van der Waals surface area contributed by atoms with E-state index in [0.29, 0.717) is 11.7 Å². The summed E-state index contributed by atoms with van der Waals surface area (Å²) in [4.78, 5) is 19.0. The maximum Gasteiger partial charge on any atom is 0.251 e. The number of hydrogen-bond donors (Lipinski definition) is 0. The van der Waals surface area contributed by atoms with Crippen molar-refractivity contribution in [2.75, 3.05) is 13.1 Å². The lowest BCUT2D eigenvalue weighted by atomic mass is 9.94. The van der Waals surface area contributed by atoms with Crippen molar-refractivity contribution in [2.45, 2.75) is 19.5 Å². The third kappa shape index (κ3) is 3.57. The van der Waals surface area contributed by atoms with Gasteiger partial charge in [0, 0.05) is 25.8 Å². The molecule has 1 unspecified atom stereocenters. The molecule has 0 spiro atoms. The van der Waals surface area contributed by atoms with Crippen molar-refractivity contribution < 1.29 is 4.79 Å². The molecule has 1 fully saturated rings. The molecular formula is C19H19ClN4O. The standard InChI is InChI=1S/C19H19ClN4O/c20-18-7-6-15(10-21-18)11-23-9-8-16-17(13-23)22-24(19(16)25)12-14-4-2-1-3-5-14/h1-7,10,16H,8-9,11-13H2. The topological polar surface area (TPSA) is 48.8 Å². The Labute approximate surface area is 151 Å². The van der Waals surface area contributed by atoms with Crippen molar-refractivity contribution in [3.8, 4) is 0 Å². The van der Waals surface area contributed by atoms with Gasteiger partial charge in [0.05, 0.1) is 18.2 Å². The maximum absolute atomic E-state index is 12.6. The van der Waals surface area contributed by atoms with Gasteiger partial charge in [-0.15, -0.1) is 0 Å². The number of piperidine rings is 1. The van der Waals surface area contributed by atoms with Gasteiger partial charge in [-0.2, -0.15) is 5.10 Å². The molecule has 4 rings (SSSR count). The monoisotopic (exact) mass is 354 g/mol. The Balaban J connectivity index is 1.43. The molecule has 0 radical (unpaired) electrons. The number of pyridine rings is 1. The fourth-order valence-electron chi connectivity index (χ4n) is 3.41. The lowest BCUT2D eigenvalue weighted by Gasteiger charge is -2.29. The van der Waals surface area contributed by atoms with E-state index in [9.17, 15) is 4.79 Å². The summed E-state index contributed by atoms with van der Waals surface area (Å²) in [5, 5.41) is 6.75. The number of rotatable bonds is 4. The fraction of sp³-hybridized carbons (Fsp3) is 0.316. The Hall–Kier alpha value is -2.24. The van der Waals surface area contributed by atoms with Crippen LogP contribution in [0.1, 0.15) is 17.5 Å². The number of amides is 1. The molecule has 1 amide bonds. The molecular weight excluding hydrogens is 336 g/mol. The molecule has 25 heavy (non-hydrogen) atoms. The summed E-state index contributed by atoms with van der Waals surface area (Å²) in [5.41, 5.74) is 3.20. The van der Waals surface area contributed by atoms with Gasteiger partial charge in [0.2, 0.25) is 0 Å². The summed E-state index contributed by atoms with van der Waals surface area (Å²) in [6.07, 6.45) is 2.63. The molecule has 2 aliphatic rings. The second-order valence-electron chi connectivity index (χ2n) is 6.51. The van der Waals surface area contributed by atoms with Gasteiger partial charge in [-0.25, -0.2) is 9.99 Å². The first kappa shape index (κ1) is 16.2. The average molecular weight is 355 g/mol. The molecule has 2 aliphatic heterocycles. The number of carbonyl (C=O) groups excluding carboxylic acids is 1. The zero-order valence-electron chi connectivity index (χ0n) is 13.8. The predicted octanol–water partition coefficient (Wildman–Crippen LogP) is 2.96. The third-order valence-corrected chi connectivity index (χ3v) is 4.92. The van der Waals surface area contributed by atoms with Crippen LogP contribution < -0.4 is 0 Å². The molecule has 5 nitrogen and oxygen atoms in total. The molecule has 0 bridgehead atoms. The van der Waals surface area contributed by atoms with Gasteiger partial charge in [0.25, 0.3) is 5.91 Å². The highest BCUT2D eigenvalue weighted by molar-refractivity contribution is 6.29. The summed E-state index contributed by atoms with van der Waals surface area (Å²) < 4.78 is 0. The van der Waals surface area contributed by atoms with E-state index in [0.717, 1.165) is 42.9 Å². The number of fused-ring (bicyclic) bond motifs is 1. The molecule has 6 heteroatoms. The Bertz CT molecular complexity index is 791. The molecule has 3 heterocycles. The van der Waals surface area contributed by atoms with E-state index in [1.165, 1.54) is 0 Å². The first-order chi connectivity index (χ1) is 12.2. The molecule has 1 aromatic heterocycles. The molecule has 128 valence electrons. The van der Waals surface area contributed by atoms with Crippen molar-refractivity contribution in [1.29, 1.82) is 0 Å². The molecule has 1 saturated heterocycles. The number of hydrogen-bond acceptors (Lipinski definition) is 4. The second-order valence-corrected chi connectivity index (χ2v) is 6.90. The number of nitrogens with zero attached hydrogens (tertiary/aromatic N) is 4. The first-order valence-corrected chi connectivity index (χ1v) is 8.82. The van der Waals surface area contributed by atoms with Crippen LogP contribution in [0.3, 0.4) is 0 Å². The lowest BCUT2D eigenvalue weighted by molar-refractivity contribution is -0.132. The van der Waals surface area contributed by atoms with Gasteiger partial charge in [-0.3, -0.25) is 9.69 Å². The maximum atomic E-state index is 12.6. The van der Waals surface area contributed by atoms with Crippen LogP contribution in [-0.2, 0) is 17.9 Å². The Morgan fingerprint density at radius 2 is 1.92 bits per heavy atom. The molecule has 2 aromatic rings. The largest absolute Gasteiger partial charge is 0.293 e. The van der Waals surface area contributed by atoms with Crippen LogP contribution >= 0.6 is 11.6 Å². The predicted molar refractivity (Wildman–Crippen MR) is 97.1 cm³/mol. The second kappa shape index (κ2) is 6.94. The van der Waals surface area contributed by atoms with Gasteiger partial charge in [0.1, 0.15) is 5.15 Å². The van der Waals surface area contributed by atoms with E-state index in [1.807, 2.05) is 42.5 Å². The van der Waals surface area contributed by atoms with Crippen molar-refractivity contribution in [3.63, 3.8) is 0 Å². The molecule has 0 N–H and O–H groups in total. The summed E-state index contributed by atoms with van der Waals surface area (Å²) in [7, 11) is 0. The normalized spacial score (nSPS) is 20.5. The summed E-state index contributed by atoms with van der Waals surface area (Å²) >= 11 is 5.84. The van der Waals surface area contributed by atoms with E-state index in [2.05, 4.69) is 15.0 Å². The SMILES string of the molecule is O=C1C2CCN(Cc3ccc(Cl)nc3)CC2=NN1Cc1ccccc1. The van der Waals surface area contributed by atoms with Gasteiger partial charge in [-0.1, -0.05) is 48.0 Å². The average Bonchev–Trinajstić information content (AvgIpc) is 2.93. The van der Waals surface area contributed by atoms with Crippen LogP contribution in [-0.4, -0.2) is 39.6 Å². The van der Waals surface area contributed by atoms with E-state index < -0.39 is 0 Å². The highest BCUT2D eigenvalue weighted by Crippen LogP contribution is 2.26. The quantitative estimate of drug-likeness (QED) is 0.793. The fourth-order valence-corrected chi connectivity index (χ4v) is 3.52. The van der Waals surface area contributed by atoms with Crippen molar-refractivity contribution >= 4 is 23.2 Å². The number of halogens is 1. The van der Waals surface area contributed by atoms with Gasteiger partial charge < -0.3 is 0 Å². The molecule has 0 saturated carbocycles. The number of benzene rings is 1. The highest BCUT2D eigenvalue weighted by Gasteiger charge is 2.39. The Morgan fingerprint density at radius 3 is 2.68 bits per heavy atom. The van der Waals surface area contributed by atoms with Crippen LogP contribution in [0.25, 0.3) is 0 Å². The zero-order valence-corrected chi connectivity index (χ0v) is 14.6. The minimum atomic E-state index is -0.0525. The molecule has 0 aliphatic carbocycles. The minimum absolute atomic E-state index is 0.0525. The summed E-state index contributed by atoms with van der Waals surface area (Å²) in [6.45, 7) is 2.95. The van der Waals surface area contributed by atoms with Crippen LogP contribution in [0.15, 0.2) is 53.8 Å². The van der Waals surface area contributed by atoms with Gasteiger partial charge in [-0.05, 0) is 23.6 Å². The van der Waals surface area contributed by atoms with Gasteiger partial charge in [0.15, 0.2) is 0 Å². The van der Waals surface area contributed by atoms with Gasteiger partial charge >= 0.3 is 0 Å². The van der Waals surface area contributed by atoms with E-state index in [-0.39, 0.29) is 11.8 Å². The highest BCUT2D eigenvalue weighted by atomic mass is 35.5. The van der Waals surface area contributed by atoms with Crippen LogP contribution in [0.2, 0.25) is 5.15 Å². The smallest absolute Gasteiger partial charge is 0.251 e. The number of hydrazone groups is 1. The first-order valence-electron chi connectivity index (χ1n) is 8.44. The van der Waals surface area contributed by atoms with Crippen molar-refractivity contribution in [3.05, 3.63) is 64.9 Å². The number of aromatic nitrogens is 1. The van der Waals surface area contributed by atoms with E-state index in [1.54, 1.807) is 11.2 Å². The molecule has 1 aromatic carbocycles. The zero-order chi connectivity index (χ0) is 17.2. The third-order valence-electron chi connectivity index (χ3n) is 4.69. The lowest BCUT2D eigenvalue weighted by Crippen LogP contribution is -2.41. The van der Waals surface area contributed by atoms with Crippen LogP contribution in [0.5, 0.6) is 0 Å². The number of likely N-dealkylation sites (tertiary alicyclic amines) is 1. The summed E-state index contributed by atoms with van der Waals surface area (Å²) in [6, 6.07) is 13.8. The van der Waals surface area contributed by atoms with Crippen LogP contribution in [0, 0.1) is 5.92 Å². The van der Waals surface area contributed by atoms with E-state index in [4.69, 9.17) is 11.6 Å². The Kier molecular flexibility index (Phi) is 4.51. The van der Waals surface area contributed by atoms with Crippen LogP contribution in [0.4, 0.5) is 0 Å².